The van der Waals surface area contributed by atoms with Gasteiger partial charge in [0, 0.05) is 0 Å². The van der Waals surface area contributed by atoms with Crippen LogP contribution in [0.1, 0.15) is 18.9 Å². The van der Waals surface area contributed by atoms with E-state index in [0.717, 1.165) is 19.0 Å². The average molecular weight is 274 g/mol. The van der Waals surface area contributed by atoms with Crippen molar-refractivity contribution in [3.05, 3.63) is 46.1 Å². The van der Waals surface area contributed by atoms with Crippen LogP contribution in [0.4, 0.5) is 11.6 Å². The molecular weight excluding hydrogens is 260 g/mol. The first-order valence-electron chi connectivity index (χ1n) is 6.14. The summed E-state index contributed by atoms with van der Waals surface area (Å²) in [4.78, 5) is 17.6. The molecule has 0 unspecified atom stereocenters. The molecule has 0 aliphatic carbocycles. The van der Waals surface area contributed by atoms with E-state index >= 15 is 0 Å². The maximum Gasteiger partial charge on any atom is 0.349 e. The second-order valence-electron chi connectivity index (χ2n) is 4.17. The van der Waals surface area contributed by atoms with Crippen molar-refractivity contribution in [1.82, 2.24) is 9.97 Å². The second kappa shape index (κ2) is 5.96. The van der Waals surface area contributed by atoms with Gasteiger partial charge in [0.25, 0.3) is 0 Å². The number of ether oxygens (including phenoxy) is 1. The molecule has 0 spiro atoms. The van der Waals surface area contributed by atoms with Crippen molar-refractivity contribution >= 4 is 11.6 Å². The van der Waals surface area contributed by atoms with Gasteiger partial charge >= 0.3 is 11.6 Å². The molecule has 7 nitrogen and oxygen atoms in total. The van der Waals surface area contributed by atoms with Gasteiger partial charge < -0.3 is 10.5 Å². The molecule has 0 aliphatic heterocycles. The number of rotatable bonds is 5. The monoisotopic (exact) mass is 274 g/mol. The summed E-state index contributed by atoms with van der Waals surface area (Å²) in [5.74, 6) is 0.227. The Kier molecular flexibility index (Phi) is 4.09. The van der Waals surface area contributed by atoms with Crippen molar-refractivity contribution in [3.63, 3.8) is 0 Å². The highest BCUT2D eigenvalue weighted by Crippen LogP contribution is 2.29. The average Bonchev–Trinajstić information content (AvgIpc) is 2.41. The van der Waals surface area contributed by atoms with Crippen LogP contribution in [-0.4, -0.2) is 14.9 Å². The fourth-order valence-corrected chi connectivity index (χ4v) is 1.70. The third-order valence-corrected chi connectivity index (χ3v) is 2.63. The number of nitrogens with two attached hydrogens (primary N) is 1. The molecule has 2 aromatic rings. The summed E-state index contributed by atoms with van der Waals surface area (Å²) < 4.78 is 5.41. The molecule has 1 aromatic heterocycles. The number of anilines is 1. The highest BCUT2D eigenvalue weighted by Gasteiger charge is 2.18. The Labute approximate surface area is 115 Å². The Bertz CT molecular complexity index is 614. The van der Waals surface area contributed by atoms with Crippen LogP contribution >= 0.6 is 0 Å². The third kappa shape index (κ3) is 3.19. The lowest BCUT2D eigenvalue weighted by atomic mass is 10.1. The van der Waals surface area contributed by atoms with E-state index in [4.69, 9.17) is 10.5 Å². The smallest absolute Gasteiger partial charge is 0.349 e. The molecular formula is C13H14N4O3. The predicted molar refractivity (Wildman–Crippen MR) is 73.6 cm³/mol. The van der Waals surface area contributed by atoms with Gasteiger partial charge in [-0.25, -0.2) is 4.98 Å². The van der Waals surface area contributed by atoms with Crippen LogP contribution < -0.4 is 10.5 Å². The second-order valence-corrected chi connectivity index (χ2v) is 4.17. The fourth-order valence-electron chi connectivity index (χ4n) is 1.70. The number of aryl methyl sites for hydroxylation is 1. The van der Waals surface area contributed by atoms with Gasteiger partial charge in [-0.1, -0.05) is 25.5 Å². The van der Waals surface area contributed by atoms with Gasteiger partial charge in [0.2, 0.25) is 5.95 Å². The highest BCUT2D eigenvalue weighted by molar-refractivity contribution is 5.44. The topological polar surface area (TPSA) is 104 Å². The third-order valence-electron chi connectivity index (χ3n) is 2.63. The molecule has 0 saturated heterocycles. The molecule has 1 heterocycles. The molecule has 0 atom stereocenters. The Hall–Kier alpha value is -2.70. The van der Waals surface area contributed by atoms with Crippen LogP contribution in [0.2, 0.25) is 0 Å². The van der Waals surface area contributed by atoms with Crippen molar-refractivity contribution < 1.29 is 9.66 Å². The molecule has 0 saturated carbocycles. The van der Waals surface area contributed by atoms with Crippen LogP contribution in [0.3, 0.4) is 0 Å². The number of nitro groups is 1. The maximum absolute atomic E-state index is 10.9. The molecule has 2 N–H and O–H groups in total. The van der Waals surface area contributed by atoms with Crippen LogP contribution in [0, 0.1) is 10.1 Å². The fraction of sp³-hybridized carbons (Fsp3) is 0.231. The molecule has 1 aromatic carbocycles. The van der Waals surface area contributed by atoms with Crippen LogP contribution in [-0.2, 0) is 6.42 Å². The first kappa shape index (κ1) is 13.7. The quantitative estimate of drug-likeness (QED) is 0.664. The number of nitrogen functional groups attached to an aromatic ring is 1. The number of nitrogens with zero attached hydrogens (tertiary/aromatic N) is 3. The Morgan fingerprint density at radius 1 is 1.35 bits per heavy atom. The number of hydrogen-bond acceptors (Lipinski definition) is 6. The van der Waals surface area contributed by atoms with E-state index in [1.54, 1.807) is 12.1 Å². The lowest BCUT2D eigenvalue weighted by Gasteiger charge is -2.06. The largest absolute Gasteiger partial charge is 0.434 e. The molecule has 2 rings (SSSR count). The van der Waals surface area contributed by atoms with Gasteiger partial charge in [-0.15, -0.1) is 0 Å². The summed E-state index contributed by atoms with van der Waals surface area (Å²) >= 11 is 0. The van der Waals surface area contributed by atoms with Gasteiger partial charge in [-0.3, -0.25) is 10.1 Å². The predicted octanol–water partition coefficient (Wildman–Crippen LogP) is 2.71. The summed E-state index contributed by atoms with van der Waals surface area (Å²) in [5, 5.41) is 10.9. The zero-order valence-corrected chi connectivity index (χ0v) is 10.9. The normalized spacial score (nSPS) is 10.2. The molecule has 0 fully saturated rings. The lowest BCUT2D eigenvalue weighted by Crippen LogP contribution is -2.01. The van der Waals surface area contributed by atoms with Crippen LogP contribution in [0.25, 0.3) is 0 Å². The van der Waals surface area contributed by atoms with Crippen molar-refractivity contribution in [1.29, 1.82) is 0 Å². The summed E-state index contributed by atoms with van der Waals surface area (Å²) in [5.41, 5.74) is 6.28. The van der Waals surface area contributed by atoms with E-state index in [9.17, 15) is 10.1 Å². The Morgan fingerprint density at radius 2 is 2.05 bits per heavy atom. The zero-order valence-electron chi connectivity index (χ0n) is 10.9. The van der Waals surface area contributed by atoms with Gasteiger partial charge in [0.05, 0.1) is 4.92 Å². The van der Waals surface area contributed by atoms with Gasteiger partial charge in [0.1, 0.15) is 11.9 Å². The molecule has 7 heteroatoms. The minimum absolute atomic E-state index is 0.0757. The molecule has 0 aliphatic rings. The van der Waals surface area contributed by atoms with E-state index in [-0.39, 0.29) is 17.5 Å². The van der Waals surface area contributed by atoms with E-state index in [0.29, 0.717) is 5.75 Å². The molecule has 104 valence electrons. The van der Waals surface area contributed by atoms with E-state index in [1.165, 1.54) is 5.56 Å². The minimum atomic E-state index is -0.611. The van der Waals surface area contributed by atoms with Crippen LogP contribution in [0.15, 0.2) is 30.5 Å². The molecule has 20 heavy (non-hydrogen) atoms. The number of benzene rings is 1. The van der Waals surface area contributed by atoms with Gasteiger partial charge in [-0.05, 0) is 24.1 Å². The zero-order chi connectivity index (χ0) is 14.5. The molecule has 0 bridgehead atoms. The molecule has 0 amide bonds. The van der Waals surface area contributed by atoms with Crippen molar-refractivity contribution in [2.75, 3.05) is 5.73 Å². The SMILES string of the molecule is CCCc1ccc(Oc2nc(N)ncc2[N+](=O)[O-])cc1. The van der Waals surface area contributed by atoms with Gasteiger partial charge in [0.15, 0.2) is 0 Å². The van der Waals surface area contributed by atoms with Crippen molar-refractivity contribution in [2.45, 2.75) is 19.8 Å². The maximum atomic E-state index is 10.9. The number of hydrogen-bond donors (Lipinski definition) is 1. The minimum Gasteiger partial charge on any atom is -0.434 e. The Morgan fingerprint density at radius 3 is 2.65 bits per heavy atom. The van der Waals surface area contributed by atoms with E-state index in [2.05, 4.69) is 16.9 Å². The summed E-state index contributed by atoms with van der Waals surface area (Å²) in [7, 11) is 0. The van der Waals surface area contributed by atoms with E-state index < -0.39 is 4.92 Å². The summed E-state index contributed by atoms with van der Waals surface area (Å²) in [6.45, 7) is 2.09. The first-order chi connectivity index (χ1) is 9.60. The molecule has 0 radical (unpaired) electrons. The number of aromatic nitrogens is 2. The standard InChI is InChI=1S/C13H14N4O3/c1-2-3-9-4-6-10(7-5-9)20-12-11(17(18)19)8-15-13(14)16-12/h4-8H,2-3H2,1H3,(H2,14,15,16). The van der Waals surface area contributed by atoms with Crippen molar-refractivity contribution in [2.24, 2.45) is 0 Å². The Balaban J connectivity index is 2.25. The lowest BCUT2D eigenvalue weighted by molar-refractivity contribution is -0.386. The van der Waals surface area contributed by atoms with E-state index in [1.807, 2.05) is 12.1 Å². The summed E-state index contributed by atoms with van der Waals surface area (Å²) in [6, 6.07) is 7.31. The van der Waals surface area contributed by atoms with Crippen molar-refractivity contribution in [3.8, 4) is 11.6 Å². The van der Waals surface area contributed by atoms with Crippen LogP contribution in [0.5, 0.6) is 11.6 Å². The summed E-state index contributed by atoms with van der Waals surface area (Å²) in [6.07, 6.45) is 3.05. The first-order valence-corrected chi connectivity index (χ1v) is 6.14. The van der Waals surface area contributed by atoms with Gasteiger partial charge in [-0.2, -0.15) is 4.98 Å². The highest BCUT2D eigenvalue weighted by atomic mass is 16.6.